The molecule has 2 aliphatic rings. The molecule has 1 atom stereocenters. The highest BCUT2D eigenvalue weighted by atomic mass is 16.6. The molecule has 1 amide bonds. The minimum atomic E-state index is -0.310. The molecule has 1 aliphatic carbocycles. The molecule has 0 aromatic carbocycles. The summed E-state index contributed by atoms with van der Waals surface area (Å²) < 4.78 is 4.86. The third-order valence-electron chi connectivity index (χ3n) is 2.25. The Morgan fingerprint density at radius 3 is 2.83 bits per heavy atom. The van der Waals surface area contributed by atoms with Crippen LogP contribution in [0.2, 0.25) is 0 Å². The van der Waals surface area contributed by atoms with Gasteiger partial charge in [0.15, 0.2) is 0 Å². The SMILES string of the molecule is N#CC1CCOC(=O)N1C1CC1. The van der Waals surface area contributed by atoms with E-state index < -0.39 is 0 Å². The summed E-state index contributed by atoms with van der Waals surface area (Å²) in [6, 6.07) is 2.16. The van der Waals surface area contributed by atoms with Crippen LogP contribution >= 0.6 is 0 Å². The van der Waals surface area contributed by atoms with E-state index in [2.05, 4.69) is 6.07 Å². The zero-order valence-corrected chi connectivity index (χ0v) is 6.69. The standard InChI is InChI=1S/C8H10N2O2/c9-5-7-3-4-12-8(11)10(7)6-1-2-6/h6-7H,1-4H2. The summed E-state index contributed by atoms with van der Waals surface area (Å²) >= 11 is 0. The molecule has 0 spiro atoms. The van der Waals surface area contributed by atoms with Crippen LogP contribution in [0.15, 0.2) is 0 Å². The lowest BCUT2D eigenvalue weighted by molar-refractivity contribution is 0.0545. The number of hydrogen-bond donors (Lipinski definition) is 0. The van der Waals surface area contributed by atoms with E-state index in [1.165, 1.54) is 0 Å². The molecule has 0 aromatic rings. The van der Waals surface area contributed by atoms with E-state index in [1.54, 1.807) is 4.90 Å². The van der Waals surface area contributed by atoms with E-state index in [0.29, 0.717) is 13.0 Å². The lowest BCUT2D eigenvalue weighted by Gasteiger charge is -2.30. The number of nitrogens with zero attached hydrogens (tertiary/aromatic N) is 2. The predicted molar refractivity (Wildman–Crippen MR) is 40.2 cm³/mol. The molecule has 4 nitrogen and oxygen atoms in total. The summed E-state index contributed by atoms with van der Waals surface area (Å²) in [5, 5.41) is 8.76. The Kier molecular flexibility index (Phi) is 1.65. The monoisotopic (exact) mass is 166 g/mol. The first-order chi connectivity index (χ1) is 5.83. The largest absolute Gasteiger partial charge is 0.449 e. The van der Waals surface area contributed by atoms with E-state index in [0.717, 1.165) is 12.8 Å². The third-order valence-corrected chi connectivity index (χ3v) is 2.25. The molecule has 4 heteroatoms. The highest BCUT2D eigenvalue weighted by molar-refractivity contribution is 5.70. The van der Waals surface area contributed by atoms with Crippen LogP contribution < -0.4 is 0 Å². The molecule has 0 aromatic heterocycles. The van der Waals surface area contributed by atoms with Gasteiger partial charge < -0.3 is 4.74 Å². The third kappa shape index (κ3) is 1.11. The first kappa shape index (κ1) is 7.41. The van der Waals surface area contributed by atoms with Crippen LogP contribution in [0, 0.1) is 11.3 Å². The van der Waals surface area contributed by atoms with E-state index in [9.17, 15) is 4.79 Å². The fraction of sp³-hybridized carbons (Fsp3) is 0.750. The highest BCUT2D eigenvalue weighted by Gasteiger charge is 2.40. The Balaban J connectivity index is 2.11. The number of carbonyl (C=O) groups excluding carboxylic acids is 1. The minimum Gasteiger partial charge on any atom is -0.449 e. The van der Waals surface area contributed by atoms with E-state index in [4.69, 9.17) is 10.00 Å². The molecule has 1 saturated carbocycles. The van der Waals surface area contributed by atoms with Crippen LogP contribution in [0.3, 0.4) is 0 Å². The van der Waals surface area contributed by atoms with Crippen LogP contribution in [0.5, 0.6) is 0 Å². The van der Waals surface area contributed by atoms with Gasteiger partial charge in [-0.05, 0) is 12.8 Å². The van der Waals surface area contributed by atoms with Crippen molar-refractivity contribution in [3.05, 3.63) is 0 Å². The van der Waals surface area contributed by atoms with Gasteiger partial charge in [0, 0.05) is 12.5 Å². The van der Waals surface area contributed by atoms with Crippen molar-refractivity contribution in [2.75, 3.05) is 6.61 Å². The van der Waals surface area contributed by atoms with Gasteiger partial charge in [-0.1, -0.05) is 0 Å². The number of hydrogen-bond acceptors (Lipinski definition) is 3. The van der Waals surface area contributed by atoms with E-state index in [-0.39, 0.29) is 18.2 Å². The first-order valence-corrected chi connectivity index (χ1v) is 4.17. The average Bonchev–Trinajstić information content (AvgIpc) is 2.87. The normalized spacial score (nSPS) is 29.4. The Hall–Kier alpha value is -1.24. The number of nitriles is 1. The molecule has 0 N–H and O–H groups in total. The number of carbonyl (C=O) groups is 1. The van der Waals surface area contributed by atoms with Crippen molar-refractivity contribution in [3.63, 3.8) is 0 Å². The summed E-state index contributed by atoms with van der Waals surface area (Å²) in [5.74, 6) is 0. The average molecular weight is 166 g/mol. The van der Waals surface area contributed by atoms with Gasteiger partial charge in [0.1, 0.15) is 6.04 Å². The Bertz CT molecular complexity index is 242. The van der Waals surface area contributed by atoms with Crippen molar-refractivity contribution >= 4 is 6.09 Å². The lowest BCUT2D eigenvalue weighted by atomic mass is 10.2. The molecule has 0 radical (unpaired) electrons. The Morgan fingerprint density at radius 2 is 2.25 bits per heavy atom. The molecule has 1 aliphatic heterocycles. The summed E-state index contributed by atoms with van der Waals surface area (Å²) in [5.41, 5.74) is 0. The fourth-order valence-electron chi connectivity index (χ4n) is 1.48. The molecule has 12 heavy (non-hydrogen) atoms. The van der Waals surface area contributed by atoms with Crippen LogP contribution in [-0.4, -0.2) is 29.7 Å². The molecule has 64 valence electrons. The predicted octanol–water partition coefficient (Wildman–Crippen LogP) is 0.883. The smallest absolute Gasteiger partial charge is 0.411 e. The van der Waals surface area contributed by atoms with Gasteiger partial charge in [0.25, 0.3) is 0 Å². The van der Waals surface area contributed by atoms with Crippen LogP contribution in [0.25, 0.3) is 0 Å². The molecule has 1 heterocycles. The van der Waals surface area contributed by atoms with Crippen molar-refractivity contribution < 1.29 is 9.53 Å². The van der Waals surface area contributed by atoms with Gasteiger partial charge in [0.2, 0.25) is 0 Å². The molecule has 0 bridgehead atoms. The van der Waals surface area contributed by atoms with Gasteiger partial charge in [-0.25, -0.2) is 4.79 Å². The summed E-state index contributed by atoms with van der Waals surface area (Å²) in [7, 11) is 0. The fourth-order valence-corrected chi connectivity index (χ4v) is 1.48. The van der Waals surface area contributed by atoms with Crippen molar-refractivity contribution in [1.29, 1.82) is 5.26 Å². The molecule has 2 rings (SSSR count). The second-order valence-corrected chi connectivity index (χ2v) is 3.19. The first-order valence-electron chi connectivity index (χ1n) is 4.17. The summed E-state index contributed by atoms with van der Waals surface area (Å²) in [4.78, 5) is 12.8. The van der Waals surface area contributed by atoms with Crippen LogP contribution in [0.4, 0.5) is 4.79 Å². The zero-order chi connectivity index (χ0) is 8.55. The lowest BCUT2D eigenvalue weighted by Crippen LogP contribution is -2.46. The summed E-state index contributed by atoms with van der Waals surface area (Å²) in [6.07, 6.45) is 2.38. The Morgan fingerprint density at radius 1 is 1.50 bits per heavy atom. The van der Waals surface area contributed by atoms with Crippen LogP contribution in [0.1, 0.15) is 19.3 Å². The number of amides is 1. The molecular formula is C8H10N2O2. The summed E-state index contributed by atoms with van der Waals surface area (Å²) in [6.45, 7) is 0.389. The van der Waals surface area contributed by atoms with E-state index in [1.807, 2.05) is 0 Å². The van der Waals surface area contributed by atoms with Gasteiger partial charge in [-0.3, -0.25) is 4.90 Å². The molecule has 2 fully saturated rings. The maximum absolute atomic E-state index is 11.2. The second-order valence-electron chi connectivity index (χ2n) is 3.19. The quantitative estimate of drug-likeness (QED) is 0.581. The second kappa shape index (κ2) is 2.67. The van der Waals surface area contributed by atoms with E-state index >= 15 is 0 Å². The van der Waals surface area contributed by atoms with Crippen molar-refractivity contribution in [2.45, 2.75) is 31.3 Å². The maximum atomic E-state index is 11.2. The highest BCUT2D eigenvalue weighted by Crippen LogP contribution is 2.31. The number of rotatable bonds is 1. The Labute approximate surface area is 70.7 Å². The van der Waals surface area contributed by atoms with Gasteiger partial charge in [0.05, 0.1) is 12.7 Å². The van der Waals surface area contributed by atoms with Crippen molar-refractivity contribution in [2.24, 2.45) is 0 Å². The zero-order valence-electron chi connectivity index (χ0n) is 6.69. The van der Waals surface area contributed by atoms with Gasteiger partial charge >= 0.3 is 6.09 Å². The van der Waals surface area contributed by atoms with Crippen molar-refractivity contribution in [1.82, 2.24) is 4.90 Å². The maximum Gasteiger partial charge on any atom is 0.411 e. The number of cyclic esters (lactones) is 1. The molecule has 1 saturated heterocycles. The topological polar surface area (TPSA) is 53.3 Å². The van der Waals surface area contributed by atoms with Gasteiger partial charge in [-0.2, -0.15) is 5.26 Å². The van der Waals surface area contributed by atoms with Gasteiger partial charge in [-0.15, -0.1) is 0 Å². The molecular weight excluding hydrogens is 156 g/mol. The van der Waals surface area contributed by atoms with Crippen LogP contribution in [-0.2, 0) is 4.74 Å². The molecule has 1 unspecified atom stereocenters. The van der Waals surface area contributed by atoms with Crippen molar-refractivity contribution in [3.8, 4) is 6.07 Å². The number of ether oxygens (including phenoxy) is 1. The minimum absolute atomic E-state index is 0.251.